The molecule has 18 atom stereocenters. The van der Waals surface area contributed by atoms with Crippen LogP contribution in [0.15, 0.2) is 17.8 Å². The number of ether oxygens (including phenoxy) is 3. The Morgan fingerprint density at radius 3 is 2.23 bits per heavy atom. The maximum Gasteiger partial charge on any atom is 0.227 e. The van der Waals surface area contributed by atoms with Gasteiger partial charge in [-0.2, -0.15) is 0 Å². The molecule has 0 unspecified atom stereocenters. The summed E-state index contributed by atoms with van der Waals surface area (Å²) in [6.45, 7) is 15.5. The maximum absolute atomic E-state index is 14.8. The van der Waals surface area contributed by atoms with Crippen molar-refractivity contribution in [2.45, 2.75) is 187 Å². The van der Waals surface area contributed by atoms with E-state index in [2.05, 4.69) is 70.2 Å². The summed E-state index contributed by atoms with van der Waals surface area (Å²) in [5.41, 5.74) is 1.42. The number of amides is 1. The molecule has 2 saturated heterocycles. The number of carbonyl (C=O) groups excluding carboxylic acids is 1. The number of allylic oxidation sites excluding steroid dienone is 2. The van der Waals surface area contributed by atoms with Crippen LogP contribution in [0.2, 0.25) is 0 Å². The minimum absolute atomic E-state index is 0.00867. The summed E-state index contributed by atoms with van der Waals surface area (Å²) < 4.78 is 18.3. The highest BCUT2D eigenvalue weighted by Gasteiger charge is 2.69. The lowest BCUT2D eigenvalue weighted by molar-refractivity contribution is -0.347. The van der Waals surface area contributed by atoms with Gasteiger partial charge in [-0.1, -0.05) is 65.3 Å². The van der Waals surface area contributed by atoms with E-state index in [0.29, 0.717) is 17.5 Å². The van der Waals surface area contributed by atoms with Crippen molar-refractivity contribution in [1.82, 2.24) is 20.3 Å². The third kappa shape index (κ3) is 6.99. The molecule has 1 aromatic rings. The van der Waals surface area contributed by atoms with E-state index in [1.165, 1.54) is 16.5 Å². The van der Waals surface area contributed by atoms with Crippen molar-refractivity contribution in [2.24, 2.45) is 50.2 Å². The van der Waals surface area contributed by atoms with Gasteiger partial charge in [-0.15, -0.1) is 5.10 Å². The van der Waals surface area contributed by atoms with Crippen molar-refractivity contribution in [3.8, 4) is 0 Å². The Kier molecular flexibility index (Phi) is 11.8. The summed E-state index contributed by atoms with van der Waals surface area (Å²) in [7, 11) is 0. The molecule has 4 saturated carbocycles. The zero-order valence-electron chi connectivity index (χ0n) is 37.0. The van der Waals surface area contributed by atoms with Crippen LogP contribution in [-0.2, 0) is 25.5 Å². The summed E-state index contributed by atoms with van der Waals surface area (Å²) in [5, 5.41) is 95.8. The Labute approximate surface area is 359 Å². The lowest BCUT2D eigenvalue weighted by atomic mass is 9.33. The first-order valence-corrected chi connectivity index (χ1v) is 22.7. The van der Waals surface area contributed by atoms with Gasteiger partial charge >= 0.3 is 0 Å². The van der Waals surface area contributed by atoms with Crippen LogP contribution in [0.4, 0.5) is 0 Å². The molecule has 1 aromatic heterocycles. The predicted octanol–water partition coefficient (Wildman–Crippen LogP) is 1.85. The number of aliphatic hydroxyl groups is 8. The molecule has 6 fully saturated rings. The normalized spacial score (nSPS) is 49.1. The lowest BCUT2D eigenvalue weighted by Crippen LogP contribution is -2.65. The molecule has 7 aliphatic rings. The molecule has 0 radical (unpaired) electrons. The monoisotopic (exact) mass is 861 g/mol. The zero-order chi connectivity index (χ0) is 44.2. The highest BCUT2D eigenvalue weighted by atomic mass is 16.7. The van der Waals surface area contributed by atoms with Crippen molar-refractivity contribution in [1.29, 1.82) is 0 Å². The highest BCUT2D eigenvalue weighted by molar-refractivity contribution is 5.84. The van der Waals surface area contributed by atoms with Gasteiger partial charge in [0.25, 0.3) is 0 Å². The van der Waals surface area contributed by atoms with Crippen LogP contribution < -0.4 is 5.32 Å². The second-order valence-electron chi connectivity index (χ2n) is 22.1. The number of aromatic nitrogens is 3. The molecule has 9 N–H and O–H groups in total. The first-order valence-electron chi connectivity index (χ1n) is 22.7. The van der Waals surface area contributed by atoms with E-state index >= 15 is 0 Å². The fourth-order valence-electron chi connectivity index (χ4n) is 14.3. The van der Waals surface area contributed by atoms with Crippen molar-refractivity contribution in [3.63, 3.8) is 0 Å². The molecular weight excluding hydrogens is 789 g/mol. The van der Waals surface area contributed by atoms with Gasteiger partial charge in [-0.05, 0) is 109 Å². The molecule has 0 bridgehead atoms. The quantitative estimate of drug-likeness (QED) is 0.170. The van der Waals surface area contributed by atoms with Crippen LogP contribution in [0.1, 0.15) is 125 Å². The van der Waals surface area contributed by atoms with E-state index in [4.69, 9.17) is 14.2 Å². The van der Waals surface area contributed by atoms with E-state index in [0.717, 1.165) is 64.2 Å². The van der Waals surface area contributed by atoms with Gasteiger partial charge < -0.3 is 60.4 Å². The Hall–Kier alpha value is -2.09. The molecule has 1 amide bonds. The second-order valence-corrected chi connectivity index (χ2v) is 22.1. The smallest absolute Gasteiger partial charge is 0.227 e. The number of hydrogen-bond donors (Lipinski definition) is 9. The van der Waals surface area contributed by atoms with Crippen LogP contribution in [0.5, 0.6) is 0 Å². The van der Waals surface area contributed by atoms with Crippen molar-refractivity contribution >= 4 is 5.91 Å². The predicted molar refractivity (Wildman–Crippen MR) is 219 cm³/mol. The van der Waals surface area contributed by atoms with Crippen LogP contribution >= 0.6 is 0 Å². The Balaban J connectivity index is 0.976. The number of rotatable bonds is 8. The molecule has 0 spiro atoms. The first-order chi connectivity index (χ1) is 28.6. The molecule has 16 nitrogen and oxygen atoms in total. The summed E-state index contributed by atoms with van der Waals surface area (Å²) in [4.78, 5) is 14.8. The minimum Gasteiger partial charge on any atom is -0.394 e. The van der Waals surface area contributed by atoms with E-state index < -0.39 is 80.0 Å². The summed E-state index contributed by atoms with van der Waals surface area (Å²) in [6, 6.07) is 0. The summed E-state index contributed by atoms with van der Waals surface area (Å²) >= 11 is 0. The molecule has 344 valence electrons. The largest absolute Gasteiger partial charge is 0.394 e. The maximum atomic E-state index is 14.8. The van der Waals surface area contributed by atoms with Crippen molar-refractivity contribution in [2.75, 3.05) is 13.2 Å². The third-order valence-corrected chi connectivity index (χ3v) is 18.3. The minimum atomic E-state index is -1.77. The molecule has 0 aromatic carbocycles. The average Bonchev–Trinajstić information content (AvgIpc) is 3.69. The molecule has 5 aliphatic carbocycles. The second kappa shape index (κ2) is 15.8. The molecule has 2 aliphatic heterocycles. The molecule has 16 heteroatoms. The average molecular weight is 861 g/mol. The SMILES string of the molecule is CC1(C)CC[C@]2(C(=O)NCc3cn([C@@H]4O[C@H](CO)[C@@H](O[C@@H]5O[C@H](CO)[C@@H](O)[C@H](O)[C@H]5O)[C@H](O)[C@H]4O)nn3)CC[C@]3(C)C(=CC[C@@H]4[C@@]5(C)CC[C@H](O)C(C)(C)[C@@H]5CC[C@]43C)[C@@H]2C1. The number of fused-ring (bicyclic) bond motifs is 7. The van der Waals surface area contributed by atoms with Crippen LogP contribution in [0.3, 0.4) is 0 Å². The number of carbonyl (C=O) groups is 1. The van der Waals surface area contributed by atoms with Crippen molar-refractivity contribution in [3.05, 3.63) is 23.5 Å². The van der Waals surface area contributed by atoms with Gasteiger partial charge in [0.05, 0.1) is 37.5 Å². The zero-order valence-corrected chi connectivity index (χ0v) is 37.0. The van der Waals surface area contributed by atoms with Gasteiger partial charge in [0.15, 0.2) is 12.5 Å². The van der Waals surface area contributed by atoms with E-state index in [1.54, 1.807) is 0 Å². The van der Waals surface area contributed by atoms with Crippen LogP contribution in [0.25, 0.3) is 0 Å². The number of hydrogen-bond acceptors (Lipinski definition) is 14. The van der Waals surface area contributed by atoms with Gasteiger partial charge in [0, 0.05) is 0 Å². The Bertz CT molecular complexity index is 1820. The number of nitrogens with zero attached hydrogens (tertiary/aromatic N) is 3. The highest BCUT2D eigenvalue weighted by Crippen LogP contribution is 2.75. The standard InChI is InChI=1S/C45H72N4O12/c1-40(2)14-16-45(17-15-43(6)24(25(45)18-40)8-9-29-42(5)12-11-30(52)41(3,4)28(42)10-13-44(29,43)7)39(58)46-19-23-20-49(48-47-23)37-34(56)33(55)36(27(22-51)59-37)61-38-35(57)32(54)31(53)26(21-50)60-38/h8,20,25-38,50-57H,9-19,21-22H2,1-7H3,(H,46,58)/t25-,26+,27+,28-,29+,30-,31+,32-,33+,34+,35+,36+,37+,38-,42-,43+,44+,45-/m0/s1. The molecule has 61 heavy (non-hydrogen) atoms. The van der Waals surface area contributed by atoms with Gasteiger partial charge in [0.2, 0.25) is 5.91 Å². The molecular formula is C45H72N4O12. The topological polar surface area (TPSA) is 249 Å². The third-order valence-electron chi connectivity index (χ3n) is 18.3. The summed E-state index contributed by atoms with van der Waals surface area (Å²) in [6.07, 6.45) is -2.13. The summed E-state index contributed by atoms with van der Waals surface area (Å²) in [5.74, 6) is 1.07. The number of aliphatic hydroxyl groups excluding tert-OH is 8. The van der Waals surface area contributed by atoms with E-state index in [-0.39, 0.29) is 51.5 Å². The molecule has 8 rings (SSSR count). The van der Waals surface area contributed by atoms with Gasteiger partial charge in [-0.3, -0.25) is 4.79 Å². The van der Waals surface area contributed by atoms with E-state index in [1.807, 2.05) is 0 Å². The van der Waals surface area contributed by atoms with Gasteiger partial charge in [-0.25, -0.2) is 4.68 Å². The van der Waals surface area contributed by atoms with Crippen LogP contribution in [-0.4, -0.2) is 136 Å². The van der Waals surface area contributed by atoms with Gasteiger partial charge in [0.1, 0.15) is 54.5 Å². The van der Waals surface area contributed by atoms with Crippen LogP contribution in [0, 0.1) is 50.2 Å². The fraction of sp³-hybridized carbons (Fsp3) is 0.889. The van der Waals surface area contributed by atoms with Crippen molar-refractivity contribution < 1.29 is 59.9 Å². The van der Waals surface area contributed by atoms with E-state index in [9.17, 15) is 45.6 Å². The lowest BCUT2D eigenvalue weighted by Gasteiger charge is -2.71. The Morgan fingerprint density at radius 1 is 0.820 bits per heavy atom. The fourth-order valence-corrected chi connectivity index (χ4v) is 14.3. The molecule has 3 heterocycles. The first kappa shape index (κ1) is 45.5. The number of nitrogens with one attached hydrogen (secondary N) is 1. The Morgan fingerprint density at radius 2 is 1.52 bits per heavy atom.